The summed E-state index contributed by atoms with van der Waals surface area (Å²) >= 11 is 3.47. The lowest BCUT2D eigenvalue weighted by Gasteiger charge is -2.26. The number of aliphatic hydroxyl groups is 1. The predicted molar refractivity (Wildman–Crippen MR) is 76.2 cm³/mol. The van der Waals surface area contributed by atoms with Crippen LogP contribution in [0.4, 0.5) is 4.39 Å². The highest BCUT2D eigenvalue weighted by atomic mass is 79.9. The van der Waals surface area contributed by atoms with E-state index in [0.29, 0.717) is 18.5 Å². The zero-order valence-corrected chi connectivity index (χ0v) is 12.2. The minimum absolute atomic E-state index is 0.400. The van der Waals surface area contributed by atoms with Crippen LogP contribution in [-0.4, -0.2) is 10.1 Å². The van der Waals surface area contributed by atoms with Gasteiger partial charge in [-0.1, -0.05) is 41.1 Å². The Morgan fingerprint density at radius 2 is 2.00 bits per heavy atom. The molecule has 0 radical (unpaired) electrons. The summed E-state index contributed by atoms with van der Waals surface area (Å²) in [5, 5.41) is 10.8. The number of rotatable bonds is 4. The van der Waals surface area contributed by atoms with Crippen LogP contribution in [0, 0.1) is 5.82 Å². The Bertz CT molecular complexity index is 558. The van der Waals surface area contributed by atoms with Gasteiger partial charge in [-0.15, -0.1) is 0 Å². The van der Waals surface area contributed by atoms with Gasteiger partial charge >= 0.3 is 0 Å². The van der Waals surface area contributed by atoms with Crippen molar-refractivity contribution >= 4 is 15.9 Å². The molecule has 19 heavy (non-hydrogen) atoms. The highest BCUT2D eigenvalue weighted by molar-refractivity contribution is 9.10. The molecule has 2 aromatic rings. The molecule has 1 unspecified atom stereocenters. The summed E-state index contributed by atoms with van der Waals surface area (Å²) in [6.07, 6.45) is 2.08. The first kappa shape index (κ1) is 14.2. The van der Waals surface area contributed by atoms with E-state index >= 15 is 0 Å². The van der Waals surface area contributed by atoms with Crippen molar-refractivity contribution in [2.45, 2.75) is 25.4 Å². The fraction of sp³-hybridized carbons (Fsp3) is 0.267. The zero-order valence-electron chi connectivity index (χ0n) is 10.6. The van der Waals surface area contributed by atoms with Gasteiger partial charge in [-0.25, -0.2) is 4.39 Å². The second kappa shape index (κ2) is 5.80. The van der Waals surface area contributed by atoms with Gasteiger partial charge in [-0.3, -0.25) is 4.98 Å². The lowest BCUT2D eigenvalue weighted by Crippen LogP contribution is -2.29. The highest BCUT2D eigenvalue weighted by Gasteiger charge is 2.29. The molecule has 1 aromatic heterocycles. The Kier molecular flexibility index (Phi) is 4.32. The fourth-order valence-corrected chi connectivity index (χ4v) is 2.43. The molecule has 100 valence electrons. The van der Waals surface area contributed by atoms with Gasteiger partial charge in [0.1, 0.15) is 11.4 Å². The molecule has 1 aromatic carbocycles. The Hall–Kier alpha value is -1.26. The maximum absolute atomic E-state index is 12.9. The predicted octanol–water partition coefficient (Wildman–Crippen LogP) is 3.82. The van der Waals surface area contributed by atoms with Gasteiger partial charge in [0.25, 0.3) is 0 Å². The molecule has 1 atom stereocenters. The van der Waals surface area contributed by atoms with E-state index in [9.17, 15) is 9.50 Å². The van der Waals surface area contributed by atoms with Crippen LogP contribution in [0.25, 0.3) is 0 Å². The van der Waals surface area contributed by atoms with Gasteiger partial charge in [0.05, 0.1) is 11.9 Å². The van der Waals surface area contributed by atoms with Crippen LogP contribution in [0.5, 0.6) is 0 Å². The second-order valence-electron chi connectivity index (χ2n) is 4.51. The molecule has 1 heterocycles. The van der Waals surface area contributed by atoms with E-state index in [1.54, 1.807) is 0 Å². The third-order valence-electron chi connectivity index (χ3n) is 3.23. The second-order valence-corrected chi connectivity index (χ2v) is 5.37. The number of hydrogen-bond acceptors (Lipinski definition) is 2. The van der Waals surface area contributed by atoms with Crippen LogP contribution in [0.1, 0.15) is 24.6 Å². The molecule has 4 heteroatoms. The summed E-state index contributed by atoms with van der Waals surface area (Å²) in [5.41, 5.74) is 0.405. The molecule has 0 spiro atoms. The molecule has 0 bridgehead atoms. The number of benzene rings is 1. The molecule has 0 aliphatic carbocycles. The van der Waals surface area contributed by atoms with Crippen LogP contribution >= 0.6 is 15.9 Å². The lowest BCUT2D eigenvalue weighted by atomic mass is 9.88. The summed E-state index contributed by atoms with van der Waals surface area (Å²) in [7, 11) is 0. The third-order valence-corrected chi connectivity index (χ3v) is 4.00. The number of nitrogens with zero attached hydrogens (tertiary/aromatic N) is 1. The average Bonchev–Trinajstić information content (AvgIpc) is 2.42. The van der Waals surface area contributed by atoms with E-state index in [4.69, 9.17) is 0 Å². The summed E-state index contributed by atoms with van der Waals surface area (Å²) in [4.78, 5) is 4.01. The van der Waals surface area contributed by atoms with Crippen molar-refractivity contribution in [3.05, 3.63) is 64.1 Å². The Balaban J connectivity index is 2.33. The van der Waals surface area contributed by atoms with Crippen molar-refractivity contribution in [3.8, 4) is 0 Å². The normalized spacial score (nSPS) is 14.1. The SMILES string of the molecule is CCC(O)(Cc1ccccc1Br)c1ccc(F)cn1. The van der Waals surface area contributed by atoms with Gasteiger partial charge < -0.3 is 5.11 Å². The van der Waals surface area contributed by atoms with E-state index in [1.807, 2.05) is 31.2 Å². The first-order valence-corrected chi connectivity index (χ1v) is 6.92. The van der Waals surface area contributed by atoms with Crippen LogP contribution in [0.3, 0.4) is 0 Å². The highest BCUT2D eigenvalue weighted by Crippen LogP contribution is 2.30. The largest absolute Gasteiger partial charge is 0.383 e. The average molecular weight is 324 g/mol. The standard InChI is InChI=1S/C15H15BrFNO/c1-2-15(19,14-8-7-12(17)10-18-14)9-11-5-3-4-6-13(11)16/h3-8,10,19H,2,9H2,1H3. The Labute approximate surface area is 120 Å². The van der Waals surface area contributed by atoms with E-state index in [2.05, 4.69) is 20.9 Å². The van der Waals surface area contributed by atoms with Crippen molar-refractivity contribution < 1.29 is 9.50 Å². The minimum Gasteiger partial charge on any atom is -0.383 e. The monoisotopic (exact) mass is 323 g/mol. The van der Waals surface area contributed by atoms with Crippen molar-refractivity contribution in [1.29, 1.82) is 0 Å². The van der Waals surface area contributed by atoms with Crippen molar-refractivity contribution in [2.75, 3.05) is 0 Å². The maximum atomic E-state index is 12.9. The van der Waals surface area contributed by atoms with E-state index in [0.717, 1.165) is 16.2 Å². The molecular weight excluding hydrogens is 309 g/mol. The fourth-order valence-electron chi connectivity index (χ4n) is 2.00. The molecule has 1 N–H and O–H groups in total. The molecule has 2 nitrogen and oxygen atoms in total. The van der Waals surface area contributed by atoms with Crippen LogP contribution in [-0.2, 0) is 12.0 Å². The third kappa shape index (κ3) is 3.19. The zero-order chi connectivity index (χ0) is 13.9. The molecule has 0 saturated carbocycles. The summed E-state index contributed by atoms with van der Waals surface area (Å²) in [6, 6.07) is 10.6. The minimum atomic E-state index is -1.09. The molecule has 0 fully saturated rings. The van der Waals surface area contributed by atoms with Crippen LogP contribution < -0.4 is 0 Å². The summed E-state index contributed by atoms with van der Waals surface area (Å²) in [5.74, 6) is -0.400. The van der Waals surface area contributed by atoms with E-state index in [1.165, 1.54) is 12.1 Å². The van der Waals surface area contributed by atoms with Gasteiger partial charge in [0.2, 0.25) is 0 Å². The van der Waals surface area contributed by atoms with Gasteiger partial charge in [-0.2, -0.15) is 0 Å². The molecule has 0 saturated heterocycles. The van der Waals surface area contributed by atoms with E-state index < -0.39 is 11.4 Å². The topological polar surface area (TPSA) is 33.1 Å². The molecule has 2 rings (SSSR count). The quantitative estimate of drug-likeness (QED) is 0.927. The summed E-state index contributed by atoms with van der Waals surface area (Å²) in [6.45, 7) is 1.89. The number of aromatic nitrogens is 1. The molecular formula is C15H15BrFNO. The summed E-state index contributed by atoms with van der Waals surface area (Å²) < 4.78 is 13.9. The number of hydrogen-bond donors (Lipinski definition) is 1. The number of halogens is 2. The van der Waals surface area contributed by atoms with Gasteiger partial charge in [-0.05, 0) is 30.2 Å². The molecule has 0 amide bonds. The lowest BCUT2D eigenvalue weighted by molar-refractivity contribution is 0.0280. The van der Waals surface area contributed by atoms with Gasteiger partial charge in [0.15, 0.2) is 0 Å². The van der Waals surface area contributed by atoms with Crippen molar-refractivity contribution in [1.82, 2.24) is 4.98 Å². The van der Waals surface area contributed by atoms with Crippen LogP contribution in [0.2, 0.25) is 0 Å². The smallest absolute Gasteiger partial charge is 0.141 e. The first-order chi connectivity index (χ1) is 9.05. The molecule has 0 aliphatic heterocycles. The number of pyridine rings is 1. The van der Waals surface area contributed by atoms with Crippen LogP contribution in [0.15, 0.2) is 47.1 Å². The van der Waals surface area contributed by atoms with Crippen molar-refractivity contribution in [2.24, 2.45) is 0 Å². The Morgan fingerprint density at radius 3 is 2.58 bits per heavy atom. The maximum Gasteiger partial charge on any atom is 0.141 e. The first-order valence-electron chi connectivity index (χ1n) is 6.13. The Morgan fingerprint density at radius 1 is 1.26 bits per heavy atom. The molecule has 0 aliphatic rings. The van der Waals surface area contributed by atoms with Crippen molar-refractivity contribution in [3.63, 3.8) is 0 Å². The van der Waals surface area contributed by atoms with E-state index in [-0.39, 0.29) is 0 Å². The van der Waals surface area contributed by atoms with Gasteiger partial charge in [0, 0.05) is 10.9 Å².